The topological polar surface area (TPSA) is 415 Å². The van der Waals surface area contributed by atoms with E-state index in [4.69, 9.17) is 28.3 Å². The first-order valence-electron chi connectivity index (χ1n) is 18.8. The van der Waals surface area contributed by atoms with Gasteiger partial charge in [0, 0.05) is 32.4 Å². The fraction of sp³-hybridized carbons (Fsp3) is 0.676. The molecule has 1 heterocycles. The van der Waals surface area contributed by atoms with E-state index in [0.29, 0.717) is 6.42 Å². The predicted molar refractivity (Wildman–Crippen MR) is 203 cm³/mol. The molecule has 0 radical (unpaired) electrons. The molecule has 0 spiro atoms. The maximum absolute atomic E-state index is 13.8. The summed E-state index contributed by atoms with van der Waals surface area (Å²) in [4.78, 5) is 128. The first-order valence-corrected chi connectivity index (χ1v) is 18.8. The van der Waals surface area contributed by atoms with E-state index in [1.54, 1.807) is 13.8 Å². The van der Waals surface area contributed by atoms with E-state index in [2.05, 4.69) is 31.9 Å². The lowest BCUT2D eigenvalue weighted by Gasteiger charge is -2.30. The summed E-state index contributed by atoms with van der Waals surface area (Å²) in [6, 6.07) is -8.29. The van der Waals surface area contributed by atoms with E-state index in [9.17, 15) is 58.2 Å². The molecule has 0 bridgehead atoms. The molecule has 0 aromatic rings. The van der Waals surface area contributed by atoms with Crippen molar-refractivity contribution in [1.29, 1.82) is 5.41 Å². The number of likely N-dealkylation sites (tertiary alicyclic amines) is 1. The van der Waals surface area contributed by atoms with Gasteiger partial charge >= 0.3 is 11.9 Å². The highest BCUT2D eigenvalue weighted by molar-refractivity contribution is 5.97. The Bertz CT molecular complexity index is 1530. The number of amides is 8. The summed E-state index contributed by atoms with van der Waals surface area (Å²) in [7, 11) is 0. The van der Waals surface area contributed by atoms with E-state index in [1.165, 1.54) is 4.90 Å². The van der Waals surface area contributed by atoms with Crippen molar-refractivity contribution in [1.82, 2.24) is 36.8 Å². The molecule has 24 nitrogen and oxygen atoms in total. The molecule has 326 valence electrons. The molecule has 1 fully saturated rings. The van der Waals surface area contributed by atoms with Crippen molar-refractivity contribution in [2.45, 2.75) is 121 Å². The Balaban J connectivity index is 3.29. The molecule has 24 heteroatoms. The average molecular weight is 827 g/mol. The number of hydrogen-bond donors (Lipinski definition) is 13. The third-order valence-corrected chi connectivity index (χ3v) is 8.87. The Morgan fingerprint density at radius 1 is 0.707 bits per heavy atom. The second-order valence-electron chi connectivity index (χ2n) is 14.2. The summed E-state index contributed by atoms with van der Waals surface area (Å²) in [5.74, 6) is -10.0. The number of primary amides is 2. The van der Waals surface area contributed by atoms with Crippen LogP contribution in [0, 0.1) is 11.3 Å². The van der Waals surface area contributed by atoms with Gasteiger partial charge in [-0.2, -0.15) is 0 Å². The molecule has 8 amide bonds. The molecule has 1 rings (SSSR count). The molecule has 1 saturated heterocycles. The molecule has 1 aliphatic heterocycles. The van der Waals surface area contributed by atoms with E-state index < -0.39 is 128 Å². The van der Waals surface area contributed by atoms with Crippen LogP contribution in [0.4, 0.5) is 0 Å². The summed E-state index contributed by atoms with van der Waals surface area (Å²) in [5, 5.41) is 40.7. The van der Waals surface area contributed by atoms with E-state index in [0.717, 1.165) is 0 Å². The van der Waals surface area contributed by atoms with Crippen LogP contribution in [0.3, 0.4) is 0 Å². The standard InChI is InChI=1S/C34H58N12O12/c1-17(2)15-22(45-31(55)23-6-4-14-46(23)32(56)20(8-11-25(37)48)41-26(49)16-35)30(54)43-18(7-10-24(36)47)28(52)42-19(9-12-27(50)51)29(53)44-21(33(57)58)5-3-13-40-34(38)39/h17-23H,3-16,35H2,1-2H3,(H2,36,47)(H2,37,48)(H,41,49)(H,42,52)(H,43,54)(H,44,53)(H,45,55)(H,50,51)(H,57,58)(H4,38,39,40)/t18-,19-,20-,21-,22-,23-/m0/s1. The molecule has 0 unspecified atom stereocenters. The van der Waals surface area contributed by atoms with Gasteiger partial charge in [-0.1, -0.05) is 13.8 Å². The number of nitrogens with one attached hydrogen (secondary N) is 7. The van der Waals surface area contributed by atoms with Crippen molar-refractivity contribution in [2.24, 2.45) is 28.9 Å². The predicted octanol–water partition coefficient (Wildman–Crippen LogP) is -4.85. The zero-order valence-electron chi connectivity index (χ0n) is 32.7. The summed E-state index contributed by atoms with van der Waals surface area (Å²) in [5.41, 5.74) is 21.1. The van der Waals surface area contributed by atoms with Gasteiger partial charge in [-0.15, -0.1) is 0 Å². The van der Waals surface area contributed by atoms with Gasteiger partial charge in [-0.25, -0.2) is 4.79 Å². The minimum absolute atomic E-state index is 0.0261. The van der Waals surface area contributed by atoms with Crippen LogP contribution < -0.4 is 54.8 Å². The number of nitrogens with two attached hydrogens (primary N) is 4. The summed E-state index contributed by atoms with van der Waals surface area (Å²) in [6.45, 7) is 3.26. The Labute approximate surface area is 334 Å². The van der Waals surface area contributed by atoms with Crippen molar-refractivity contribution >= 4 is 65.2 Å². The molecule has 0 saturated carbocycles. The number of hydrogen-bond acceptors (Lipinski definition) is 12. The largest absolute Gasteiger partial charge is 0.481 e. The van der Waals surface area contributed by atoms with Crippen LogP contribution in [0.1, 0.15) is 84.5 Å². The Hall–Kier alpha value is -6.07. The summed E-state index contributed by atoms with van der Waals surface area (Å²) in [6.07, 6.45) is -1.75. The molecule has 0 aliphatic carbocycles. The monoisotopic (exact) mass is 826 g/mol. The Kier molecular flexibility index (Phi) is 21.7. The molecule has 1 aliphatic rings. The molecular weight excluding hydrogens is 768 g/mol. The normalized spacial score (nSPS) is 16.1. The molecule has 6 atom stereocenters. The number of guanidine groups is 1. The number of carboxylic acid groups (broad SMARTS) is 2. The Morgan fingerprint density at radius 3 is 1.71 bits per heavy atom. The van der Waals surface area contributed by atoms with E-state index in [-0.39, 0.29) is 63.5 Å². The van der Waals surface area contributed by atoms with Crippen molar-refractivity contribution in [2.75, 3.05) is 19.6 Å². The number of carbonyl (C=O) groups excluding carboxylic acids is 8. The fourth-order valence-corrected chi connectivity index (χ4v) is 5.97. The lowest BCUT2D eigenvalue weighted by atomic mass is 10.0. The smallest absolute Gasteiger partial charge is 0.326 e. The summed E-state index contributed by atoms with van der Waals surface area (Å²) < 4.78 is 0. The molecule has 17 N–H and O–H groups in total. The van der Waals surface area contributed by atoms with Crippen LogP contribution >= 0.6 is 0 Å². The van der Waals surface area contributed by atoms with Crippen LogP contribution in [-0.4, -0.2) is 136 Å². The van der Waals surface area contributed by atoms with Crippen molar-refractivity contribution < 1.29 is 58.2 Å². The maximum Gasteiger partial charge on any atom is 0.326 e. The molecule has 0 aromatic heterocycles. The zero-order chi connectivity index (χ0) is 44.1. The second kappa shape index (κ2) is 25.2. The number of nitrogens with zero attached hydrogens (tertiary/aromatic N) is 1. The van der Waals surface area contributed by atoms with Crippen LogP contribution in [0.15, 0.2) is 0 Å². The highest BCUT2D eigenvalue weighted by Crippen LogP contribution is 2.21. The first-order chi connectivity index (χ1) is 27.2. The van der Waals surface area contributed by atoms with Gasteiger partial charge in [0.25, 0.3) is 0 Å². The lowest BCUT2D eigenvalue weighted by molar-refractivity contribution is -0.143. The van der Waals surface area contributed by atoms with Gasteiger partial charge in [-0.05, 0) is 57.3 Å². The van der Waals surface area contributed by atoms with Crippen molar-refractivity contribution in [3.05, 3.63) is 0 Å². The van der Waals surface area contributed by atoms with Crippen LogP contribution in [0.25, 0.3) is 0 Å². The van der Waals surface area contributed by atoms with Gasteiger partial charge < -0.3 is 69.9 Å². The van der Waals surface area contributed by atoms with E-state index in [1.807, 2.05) is 0 Å². The van der Waals surface area contributed by atoms with Crippen LogP contribution in [-0.2, 0) is 47.9 Å². The van der Waals surface area contributed by atoms with Gasteiger partial charge in [0.1, 0.15) is 36.3 Å². The number of rotatable bonds is 27. The number of carboxylic acids is 2. The maximum atomic E-state index is 13.8. The lowest BCUT2D eigenvalue weighted by Crippen LogP contribution is -2.59. The van der Waals surface area contributed by atoms with Crippen LogP contribution in [0.5, 0.6) is 0 Å². The quantitative estimate of drug-likeness (QED) is 0.0210. The minimum Gasteiger partial charge on any atom is -0.481 e. The Morgan fingerprint density at radius 2 is 1.22 bits per heavy atom. The first kappa shape index (κ1) is 49.9. The van der Waals surface area contributed by atoms with Gasteiger partial charge in [-0.3, -0.25) is 48.6 Å². The van der Waals surface area contributed by atoms with Crippen molar-refractivity contribution in [3.63, 3.8) is 0 Å². The highest BCUT2D eigenvalue weighted by Gasteiger charge is 2.39. The minimum atomic E-state index is -1.62. The second-order valence-corrected chi connectivity index (χ2v) is 14.2. The van der Waals surface area contributed by atoms with Crippen LogP contribution in [0.2, 0.25) is 0 Å². The SMILES string of the molecule is CC(C)C[C@H](NC(=O)[C@@H]1CCCN1C(=O)[C@H](CCC(N)=O)NC(=O)CN)C(=O)N[C@@H](CCC(N)=O)C(=O)N[C@@H](CCC(=O)O)C(=O)N[C@@H](CCCNC(=N)N)C(=O)O. The zero-order valence-corrected chi connectivity index (χ0v) is 32.7. The third-order valence-electron chi connectivity index (χ3n) is 8.87. The van der Waals surface area contributed by atoms with Crippen molar-refractivity contribution in [3.8, 4) is 0 Å². The average Bonchev–Trinajstić information content (AvgIpc) is 3.63. The third kappa shape index (κ3) is 18.7. The number of carbonyl (C=O) groups is 10. The van der Waals surface area contributed by atoms with Gasteiger partial charge in [0.05, 0.1) is 6.54 Å². The van der Waals surface area contributed by atoms with Gasteiger partial charge in [0.15, 0.2) is 5.96 Å². The summed E-state index contributed by atoms with van der Waals surface area (Å²) >= 11 is 0. The van der Waals surface area contributed by atoms with E-state index >= 15 is 0 Å². The fourth-order valence-electron chi connectivity index (χ4n) is 5.97. The van der Waals surface area contributed by atoms with Gasteiger partial charge in [0.2, 0.25) is 47.3 Å². The molecule has 58 heavy (non-hydrogen) atoms. The molecule has 0 aromatic carbocycles. The molecular formula is C34H58N12O12. The number of aliphatic carboxylic acids is 2. The highest BCUT2D eigenvalue weighted by atomic mass is 16.4.